The van der Waals surface area contributed by atoms with E-state index < -0.39 is 52.2 Å². The molecule has 0 radical (unpaired) electrons. The Morgan fingerprint density at radius 2 is 1.67 bits per heavy atom. The van der Waals surface area contributed by atoms with E-state index in [1.165, 1.54) is 19.9 Å². The summed E-state index contributed by atoms with van der Waals surface area (Å²) in [5.74, 6) is -0.976. The van der Waals surface area contributed by atoms with Crippen molar-refractivity contribution < 1.29 is 35.9 Å². The Morgan fingerprint density at radius 1 is 1.03 bits per heavy atom. The van der Waals surface area contributed by atoms with E-state index in [4.69, 9.17) is 5.26 Å². The Bertz CT molecular complexity index is 1180. The number of rotatable bonds is 3. The Hall–Kier alpha value is -3.07. The predicted octanol–water partition coefficient (Wildman–Crippen LogP) is 6.11. The van der Waals surface area contributed by atoms with E-state index in [1.807, 2.05) is 0 Å². The molecule has 0 aromatic heterocycles. The summed E-state index contributed by atoms with van der Waals surface area (Å²) in [5.41, 5.74) is -5.33. The molecule has 1 fully saturated rings. The van der Waals surface area contributed by atoms with Gasteiger partial charge in [-0.1, -0.05) is 28.1 Å². The zero-order valence-corrected chi connectivity index (χ0v) is 18.6. The molecular formula is C21H14BrF6N3O2. The van der Waals surface area contributed by atoms with Gasteiger partial charge in [0, 0.05) is 11.0 Å². The lowest BCUT2D eigenvalue weighted by Gasteiger charge is -2.28. The number of nitriles is 1. The molecule has 0 aliphatic carbocycles. The van der Waals surface area contributed by atoms with Gasteiger partial charge >= 0.3 is 18.4 Å². The molecule has 2 aromatic rings. The number of nitrogens with zero attached hydrogens (tertiary/aromatic N) is 3. The Balaban J connectivity index is 2.06. The summed E-state index contributed by atoms with van der Waals surface area (Å²) in [4.78, 5) is 27.5. The molecule has 0 spiro atoms. The highest BCUT2D eigenvalue weighted by Gasteiger charge is 2.54. The average Bonchev–Trinajstić information content (AvgIpc) is 2.86. The highest BCUT2D eigenvalue weighted by Crippen LogP contribution is 2.43. The van der Waals surface area contributed by atoms with Crippen molar-refractivity contribution in [1.29, 1.82) is 5.26 Å². The molecule has 0 N–H and O–H groups in total. The van der Waals surface area contributed by atoms with Crippen LogP contribution in [0.15, 0.2) is 40.9 Å². The first kappa shape index (κ1) is 24.6. The smallest absolute Gasteiger partial charge is 0.305 e. The number of halogens is 7. The first-order valence-electron chi connectivity index (χ1n) is 9.22. The lowest BCUT2D eigenvalue weighted by molar-refractivity contribution is -0.138. The normalized spacial score (nSPS) is 16.4. The molecule has 0 saturated carbocycles. The van der Waals surface area contributed by atoms with Crippen molar-refractivity contribution in [3.63, 3.8) is 0 Å². The molecule has 0 unspecified atom stereocenters. The molecule has 1 aliphatic rings. The van der Waals surface area contributed by atoms with Crippen LogP contribution in [0.4, 0.5) is 36.8 Å². The first-order chi connectivity index (χ1) is 15.1. The van der Waals surface area contributed by atoms with Crippen LogP contribution in [0.2, 0.25) is 0 Å². The molecule has 1 heterocycles. The zero-order valence-electron chi connectivity index (χ0n) is 17.0. The number of anilines is 1. The minimum Gasteiger partial charge on any atom is -0.305 e. The maximum atomic E-state index is 13.7. The highest BCUT2D eigenvalue weighted by atomic mass is 79.9. The second kappa shape index (κ2) is 8.06. The fourth-order valence-corrected chi connectivity index (χ4v) is 3.96. The van der Waals surface area contributed by atoms with Crippen LogP contribution in [0.1, 0.15) is 36.1 Å². The molecular weight excluding hydrogens is 520 g/mol. The van der Waals surface area contributed by atoms with Crippen molar-refractivity contribution in [2.75, 3.05) is 4.90 Å². The number of amides is 3. The number of benzene rings is 2. The van der Waals surface area contributed by atoms with Crippen LogP contribution < -0.4 is 4.90 Å². The second-order valence-electron chi connectivity index (χ2n) is 7.68. The standard InChI is InChI=1S/C21H14BrF6N3O2/c1-19(2)17(32)31(15-5-3-4-11(9-29)16(15)21(26,27)28)18(33)30(19)10-12-6-7-13(8-14(12)22)20(23,24)25/h3-8H,10H2,1-2H3. The monoisotopic (exact) mass is 533 g/mol. The van der Waals surface area contributed by atoms with Crippen LogP contribution in [-0.4, -0.2) is 22.4 Å². The van der Waals surface area contributed by atoms with Crippen molar-refractivity contribution in [2.45, 2.75) is 38.3 Å². The van der Waals surface area contributed by atoms with Gasteiger partial charge in [-0.3, -0.25) is 4.79 Å². The fourth-order valence-electron chi connectivity index (χ4n) is 3.45. The van der Waals surface area contributed by atoms with E-state index in [0.717, 1.165) is 41.3 Å². The zero-order chi connectivity index (χ0) is 24.9. The Morgan fingerprint density at radius 3 is 2.18 bits per heavy atom. The van der Waals surface area contributed by atoms with Gasteiger partial charge in [0.2, 0.25) is 0 Å². The van der Waals surface area contributed by atoms with Crippen LogP contribution in [0.25, 0.3) is 0 Å². The molecule has 3 amide bonds. The minimum absolute atomic E-state index is 0.00859. The van der Waals surface area contributed by atoms with Crippen LogP contribution in [0, 0.1) is 11.3 Å². The van der Waals surface area contributed by atoms with Gasteiger partial charge in [0.25, 0.3) is 5.91 Å². The van der Waals surface area contributed by atoms with Crippen LogP contribution in [0.3, 0.4) is 0 Å². The van der Waals surface area contributed by atoms with E-state index in [0.29, 0.717) is 4.90 Å². The summed E-state index contributed by atoms with van der Waals surface area (Å²) < 4.78 is 79.9. The summed E-state index contributed by atoms with van der Waals surface area (Å²) in [6.45, 7) is 2.27. The Labute approximate surface area is 192 Å². The molecule has 5 nitrogen and oxygen atoms in total. The first-order valence-corrected chi connectivity index (χ1v) is 10.0. The maximum absolute atomic E-state index is 13.7. The van der Waals surface area contributed by atoms with Crippen LogP contribution in [0.5, 0.6) is 0 Å². The van der Waals surface area contributed by atoms with Gasteiger partial charge < -0.3 is 4.90 Å². The lowest BCUT2D eigenvalue weighted by Crippen LogP contribution is -2.43. The summed E-state index contributed by atoms with van der Waals surface area (Å²) in [6, 6.07) is 5.97. The largest absolute Gasteiger partial charge is 0.419 e. The van der Waals surface area contributed by atoms with E-state index >= 15 is 0 Å². The number of hydrogen-bond acceptors (Lipinski definition) is 3. The lowest BCUT2D eigenvalue weighted by atomic mass is 10.0. The molecule has 2 aromatic carbocycles. The third-order valence-electron chi connectivity index (χ3n) is 5.22. The minimum atomic E-state index is -5.03. The highest BCUT2D eigenvalue weighted by molar-refractivity contribution is 9.10. The van der Waals surface area contributed by atoms with E-state index in [-0.39, 0.29) is 16.6 Å². The van der Waals surface area contributed by atoms with Gasteiger partial charge in [0.15, 0.2) is 0 Å². The topological polar surface area (TPSA) is 64.4 Å². The van der Waals surface area contributed by atoms with Gasteiger partial charge in [-0.15, -0.1) is 0 Å². The molecule has 0 atom stereocenters. The third kappa shape index (κ3) is 4.29. The number of urea groups is 1. The number of hydrogen-bond donors (Lipinski definition) is 0. The number of alkyl halides is 6. The second-order valence-corrected chi connectivity index (χ2v) is 8.54. The predicted molar refractivity (Wildman–Crippen MR) is 108 cm³/mol. The van der Waals surface area contributed by atoms with Gasteiger partial charge in [-0.25, -0.2) is 9.69 Å². The van der Waals surface area contributed by atoms with Gasteiger partial charge in [-0.2, -0.15) is 31.6 Å². The van der Waals surface area contributed by atoms with E-state index in [1.54, 1.807) is 0 Å². The molecule has 1 aliphatic heterocycles. The van der Waals surface area contributed by atoms with Gasteiger partial charge in [0.1, 0.15) is 5.54 Å². The quantitative estimate of drug-likeness (QED) is 0.353. The van der Waals surface area contributed by atoms with Crippen LogP contribution in [-0.2, 0) is 23.7 Å². The van der Waals surface area contributed by atoms with Crippen molar-refractivity contribution in [3.05, 3.63) is 63.1 Å². The van der Waals surface area contributed by atoms with Crippen molar-refractivity contribution in [3.8, 4) is 6.07 Å². The summed E-state index contributed by atoms with van der Waals surface area (Å²) in [7, 11) is 0. The maximum Gasteiger partial charge on any atom is 0.419 e. The summed E-state index contributed by atoms with van der Waals surface area (Å²) >= 11 is 3.01. The molecule has 0 bridgehead atoms. The van der Waals surface area contributed by atoms with E-state index in [2.05, 4.69) is 15.9 Å². The Kier molecular flexibility index (Phi) is 6.00. The van der Waals surface area contributed by atoms with Gasteiger partial charge in [-0.05, 0) is 43.7 Å². The fraction of sp³-hybridized carbons (Fsp3) is 0.286. The third-order valence-corrected chi connectivity index (χ3v) is 5.96. The summed E-state index contributed by atoms with van der Waals surface area (Å²) in [6.07, 6.45) is -9.63. The average molecular weight is 534 g/mol. The molecule has 174 valence electrons. The summed E-state index contributed by atoms with van der Waals surface area (Å²) in [5, 5.41) is 9.11. The molecule has 3 rings (SSSR count). The number of carbonyl (C=O) groups excluding carboxylic acids is 2. The van der Waals surface area contributed by atoms with Crippen molar-refractivity contribution in [1.82, 2.24) is 4.90 Å². The van der Waals surface area contributed by atoms with Crippen molar-refractivity contribution >= 4 is 33.6 Å². The molecule has 12 heteroatoms. The van der Waals surface area contributed by atoms with Gasteiger partial charge in [0.05, 0.1) is 28.4 Å². The van der Waals surface area contributed by atoms with Crippen molar-refractivity contribution in [2.24, 2.45) is 0 Å². The number of imide groups is 1. The van der Waals surface area contributed by atoms with Crippen LogP contribution >= 0.6 is 15.9 Å². The number of carbonyl (C=O) groups is 2. The molecule has 1 saturated heterocycles. The molecule has 33 heavy (non-hydrogen) atoms. The SMILES string of the molecule is CC1(C)C(=O)N(c2cccc(C#N)c2C(F)(F)F)C(=O)N1Cc1ccc(C(F)(F)F)cc1Br. The van der Waals surface area contributed by atoms with E-state index in [9.17, 15) is 35.9 Å².